The Bertz CT molecular complexity index is 434. The van der Waals surface area contributed by atoms with Crippen LogP contribution in [-0.2, 0) is 11.3 Å². The van der Waals surface area contributed by atoms with Crippen LogP contribution in [0.15, 0.2) is 18.2 Å². The molecule has 0 saturated carbocycles. The molecule has 1 saturated heterocycles. The van der Waals surface area contributed by atoms with Gasteiger partial charge in [0.15, 0.2) is 0 Å². The third-order valence-electron chi connectivity index (χ3n) is 3.83. The van der Waals surface area contributed by atoms with Gasteiger partial charge in [0.1, 0.15) is 5.75 Å². The van der Waals surface area contributed by atoms with E-state index in [9.17, 15) is 0 Å². The minimum Gasteiger partial charge on any atom is -0.496 e. The largest absolute Gasteiger partial charge is 0.496 e. The first kappa shape index (κ1) is 16.6. The fourth-order valence-corrected chi connectivity index (χ4v) is 2.85. The van der Waals surface area contributed by atoms with Crippen molar-refractivity contribution in [3.63, 3.8) is 0 Å². The van der Waals surface area contributed by atoms with Crippen molar-refractivity contribution in [3.05, 3.63) is 28.8 Å². The van der Waals surface area contributed by atoms with E-state index in [1.807, 2.05) is 18.2 Å². The molecule has 1 aliphatic rings. The van der Waals surface area contributed by atoms with Crippen molar-refractivity contribution >= 4 is 11.6 Å². The van der Waals surface area contributed by atoms with Gasteiger partial charge in [0.25, 0.3) is 0 Å². The van der Waals surface area contributed by atoms with E-state index in [1.165, 1.54) is 0 Å². The summed E-state index contributed by atoms with van der Waals surface area (Å²) in [6, 6.07) is 5.75. The van der Waals surface area contributed by atoms with Crippen LogP contribution in [0, 0.1) is 0 Å². The van der Waals surface area contributed by atoms with E-state index in [2.05, 4.69) is 4.90 Å². The number of ether oxygens (including phenoxy) is 2. The lowest BCUT2D eigenvalue weighted by Gasteiger charge is -2.32. The van der Waals surface area contributed by atoms with Crippen LogP contribution in [-0.4, -0.2) is 49.5 Å². The Morgan fingerprint density at radius 2 is 2.10 bits per heavy atom. The Morgan fingerprint density at radius 1 is 1.33 bits per heavy atom. The standard InChI is InChI=1S/C16H24ClNO3/c1-20-16-4-3-14(17)11-13(16)12-18-7-5-15(6-8-18)21-10-2-9-19/h3-4,11,15,19H,2,5-10,12H2,1H3. The van der Waals surface area contributed by atoms with Gasteiger partial charge >= 0.3 is 0 Å². The molecule has 5 heteroatoms. The number of aliphatic hydroxyl groups excluding tert-OH is 1. The molecule has 1 fully saturated rings. The minimum absolute atomic E-state index is 0.202. The zero-order valence-corrected chi connectivity index (χ0v) is 13.3. The van der Waals surface area contributed by atoms with E-state index < -0.39 is 0 Å². The molecule has 1 aromatic carbocycles. The van der Waals surface area contributed by atoms with E-state index in [0.717, 1.165) is 55.2 Å². The Balaban J connectivity index is 1.82. The highest BCUT2D eigenvalue weighted by Crippen LogP contribution is 2.25. The third-order valence-corrected chi connectivity index (χ3v) is 4.06. The number of benzene rings is 1. The van der Waals surface area contributed by atoms with Gasteiger partial charge in [-0.05, 0) is 37.5 Å². The van der Waals surface area contributed by atoms with Crippen molar-refractivity contribution in [3.8, 4) is 5.75 Å². The van der Waals surface area contributed by atoms with Crippen LogP contribution < -0.4 is 4.74 Å². The normalized spacial score (nSPS) is 17.1. The lowest BCUT2D eigenvalue weighted by Crippen LogP contribution is -2.36. The molecule has 1 heterocycles. The second-order valence-corrected chi connectivity index (χ2v) is 5.82. The number of hydrogen-bond donors (Lipinski definition) is 1. The molecule has 0 unspecified atom stereocenters. The fraction of sp³-hybridized carbons (Fsp3) is 0.625. The van der Waals surface area contributed by atoms with Crippen molar-refractivity contribution in [2.45, 2.75) is 31.9 Å². The van der Waals surface area contributed by atoms with Crippen molar-refractivity contribution in [2.75, 3.05) is 33.4 Å². The number of methoxy groups -OCH3 is 1. The van der Waals surface area contributed by atoms with Crippen molar-refractivity contribution in [1.82, 2.24) is 4.90 Å². The average Bonchev–Trinajstić information content (AvgIpc) is 2.50. The second-order valence-electron chi connectivity index (χ2n) is 5.38. The van der Waals surface area contributed by atoms with Gasteiger partial charge in [0, 0.05) is 43.4 Å². The monoisotopic (exact) mass is 313 g/mol. The van der Waals surface area contributed by atoms with E-state index in [4.69, 9.17) is 26.2 Å². The van der Waals surface area contributed by atoms with Crippen LogP contribution in [0.5, 0.6) is 5.75 Å². The fourth-order valence-electron chi connectivity index (χ4n) is 2.66. The van der Waals surface area contributed by atoms with Gasteiger partial charge in [-0.2, -0.15) is 0 Å². The van der Waals surface area contributed by atoms with Crippen LogP contribution in [0.4, 0.5) is 0 Å². The van der Waals surface area contributed by atoms with Crippen LogP contribution in [0.3, 0.4) is 0 Å². The zero-order valence-electron chi connectivity index (χ0n) is 12.6. The number of halogens is 1. The van der Waals surface area contributed by atoms with Crippen molar-refractivity contribution < 1.29 is 14.6 Å². The number of rotatable bonds is 7. The predicted molar refractivity (Wildman–Crippen MR) is 84.0 cm³/mol. The van der Waals surface area contributed by atoms with Gasteiger partial charge in [-0.15, -0.1) is 0 Å². The van der Waals surface area contributed by atoms with Crippen LogP contribution in [0.25, 0.3) is 0 Å². The van der Waals surface area contributed by atoms with Crippen LogP contribution >= 0.6 is 11.6 Å². The molecule has 1 aromatic rings. The molecule has 4 nitrogen and oxygen atoms in total. The molecule has 0 bridgehead atoms. The topological polar surface area (TPSA) is 41.9 Å². The van der Waals surface area contributed by atoms with E-state index in [0.29, 0.717) is 12.7 Å². The van der Waals surface area contributed by atoms with Gasteiger partial charge in [-0.1, -0.05) is 11.6 Å². The van der Waals surface area contributed by atoms with E-state index in [1.54, 1.807) is 7.11 Å². The minimum atomic E-state index is 0.202. The van der Waals surface area contributed by atoms with Crippen LogP contribution in [0.2, 0.25) is 5.02 Å². The quantitative estimate of drug-likeness (QED) is 0.786. The Kier molecular flexibility index (Phi) is 6.77. The van der Waals surface area contributed by atoms with E-state index in [-0.39, 0.29) is 6.61 Å². The molecule has 0 aliphatic carbocycles. The highest BCUT2D eigenvalue weighted by atomic mass is 35.5. The summed E-state index contributed by atoms with van der Waals surface area (Å²) < 4.78 is 11.1. The van der Waals surface area contributed by atoms with Crippen molar-refractivity contribution in [2.24, 2.45) is 0 Å². The summed E-state index contributed by atoms with van der Waals surface area (Å²) >= 11 is 6.07. The summed E-state index contributed by atoms with van der Waals surface area (Å²) in [7, 11) is 1.69. The smallest absolute Gasteiger partial charge is 0.123 e. The summed E-state index contributed by atoms with van der Waals surface area (Å²) in [6.07, 6.45) is 3.12. The summed E-state index contributed by atoms with van der Waals surface area (Å²) in [6.45, 7) is 3.74. The molecular weight excluding hydrogens is 290 g/mol. The van der Waals surface area contributed by atoms with E-state index >= 15 is 0 Å². The van der Waals surface area contributed by atoms with Gasteiger partial charge in [0.2, 0.25) is 0 Å². The molecule has 2 rings (SSSR count). The van der Waals surface area contributed by atoms with Crippen molar-refractivity contribution in [1.29, 1.82) is 0 Å². The SMILES string of the molecule is COc1ccc(Cl)cc1CN1CCC(OCCCO)CC1. The van der Waals surface area contributed by atoms with Gasteiger partial charge in [0.05, 0.1) is 13.2 Å². The molecule has 21 heavy (non-hydrogen) atoms. The molecule has 118 valence electrons. The number of hydrogen-bond acceptors (Lipinski definition) is 4. The summed E-state index contributed by atoms with van der Waals surface area (Å²) in [5.41, 5.74) is 1.13. The van der Waals surface area contributed by atoms with Gasteiger partial charge in [-0.3, -0.25) is 4.90 Å². The first-order chi connectivity index (χ1) is 10.2. The molecule has 1 N–H and O–H groups in total. The Labute approximate surface area is 131 Å². The van der Waals surface area contributed by atoms with Gasteiger partial charge < -0.3 is 14.6 Å². The second kappa shape index (κ2) is 8.59. The molecule has 0 amide bonds. The molecule has 0 aromatic heterocycles. The molecular formula is C16H24ClNO3. The first-order valence-corrected chi connectivity index (χ1v) is 7.88. The zero-order chi connectivity index (χ0) is 15.1. The first-order valence-electron chi connectivity index (χ1n) is 7.50. The molecule has 0 radical (unpaired) electrons. The number of aliphatic hydroxyl groups is 1. The maximum absolute atomic E-state index is 8.76. The lowest BCUT2D eigenvalue weighted by atomic mass is 10.1. The third kappa shape index (κ3) is 5.15. The Morgan fingerprint density at radius 3 is 2.76 bits per heavy atom. The maximum Gasteiger partial charge on any atom is 0.123 e. The maximum atomic E-state index is 8.76. The highest BCUT2D eigenvalue weighted by Gasteiger charge is 2.20. The summed E-state index contributed by atoms with van der Waals surface area (Å²) in [4.78, 5) is 2.40. The van der Waals surface area contributed by atoms with Gasteiger partial charge in [-0.25, -0.2) is 0 Å². The predicted octanol–water partition coefficient (Wildman–Crippen LogP) is 2.71. The number of piperidine rings is 1. The summed E-state index contributed by atoms with van der Waals surface area (Å²) in [5, 5.41) is 9.51. The summed E-state index contributed by atoms with van der Waals surface area (Å²) in [5.74, 6) is 0.890. The average molecular weight is 314 g/mol. The van der Waals surface area contributed by atoms with Crippen LogP contribution in [0.1, 0.15) is 24.8 Å². The lowest BCUT2D eigenvalue weighted by molar-refractivity contribution is 0.000690. The number of nitrogens with zero attached hydrogens (tertiary/aromatic N) is 1. The highest BCUT2D eigenvalue weighted by molar-refractivity contribution is 6.30. The molecule has 1 aliphatic heterocycles. The molecule has 0 atom stereocenters. The Hall–Kier alpha value is -0.810. The molecule has 0 spiro atoms. The number of likely N-dealkylation sites (tertiary alicyclic amines) is 1.